The quantitative estimate of drug-likeness (QED) is 0.859. The Balaban J connectivity index is 2.25. The summed E-state index contributed by atoms with van der Waals surface area (Å²) in [5.74, 6) is 0. The molecule has 2 aromatic rings. The first-order valence-corrected chi connectivity index (χ1v) is 7.82. The van der Waals surface area contributed by atoms with E-state index in [0.717, 1.165) is 17.1 Å². The minimum atomic E-state index is -3.61. The van der Waals surface area contributed by atoms with Gasteiger partial charge in [-0.15, -0.1) is 0 Å². The van der Waals surface area contributed by atoms with E-state index in [2.05, 4.69) is 35.5 Å². The zero-order chi connectivity index (χ0) is 12.3. The van der Waals surface area contributed by atoms with E-state index >= 15 is 0 Å². The van der Waals surface area contributed by atoms with Crippen molar-refractivity contribution in [2.75, 3.05) is 4.72 Å². The smallest absolute Gasteiger partial charge is 0.252 e. The second-order valence-electron chi connectivity index (χ2n) is 3.05. The molecular weight excluding hydrogens is 328 g/mol. The van der Waals surface area contributed by atoms with Gasteiger partial charge in [0.2, 0.25) is 5.13 Å². The Morgan fingerprint density at radius 3 is 2.53 bits per heavy atom. The molecule has 1 aromatic heterocycles. The number of hydrogen-bond acceptors (Lipinski definition) is 6. The Bertz CT molecular complexity index is 582. The number of nitrogens with one attached hydrogen (secondary N) is 1. The van der Waals surface area contributed by atoms with E-state index in [4.69, 9.17) is 0 Å². The zero-order valence-electron chi connectivity index (χ0n) is 8.37. The molecule has 0 aliphatic heterocycles. The summed E-state index contributed by atoms with van der Waals surface area (Å²) in [6.45, 7) is 0. The molecule has 9 heteroatoms. The fourth-order valence-corrected chi connectivity index (χ4v) is 3.06. The van der Waals surface area contributed by atoms with E-state index < -0.39 is 10.0 Å². The van der Waals surface area contributed by atoms with Crippen LogP contribution in [0.2, 0.25) is 0 Å². The summed E-state index contributed by atoms with van der Waals surface area (Å²) in [6, 6.07) is 6.55. The van der Waals surface area contributed by atoms with Crippen LogP contribution in [-0.2, 0) is 15.4 Å². The van der Waals surface area contributed by atoms with Crippen molar-refractivity contribution in [1.29, 1.82) is 0 Å². The molecular formula is C8H7BrN4O2S2. The van der Waals surface area contributed by atoms with Crippen molar-refractivity contribution >= 4 is 42.6 Å². The third kappa shape index (κ3) is 2.99. The second kappa shape index (κ2) is 5.07. The third-order valence-electron chi connectivity index (χ3n) is 1.91. The SMILES string of the molecule is O=S(=O)(Nc1nnns1)c1ccc(CBr)cc1. The lowest BCUT2D eigenvalue weighted by molar-refractivity contribution is 0.601. The summed E-state index contributed by atoms with van der Waals surface area (Å²) in [7, 11) is -3.61. The molecule has 1 N–H and O–H groups in total. The number of anilines is 1. The average molecular weight is 335 g/mol. The van der Waals surface area contributed by atoms with Crippen LogP contribution in [0.25, 0.3) is 0 Å². The number of hydrogen-bond donors (Lipinski definition) is 1. The summed E-state index contributed by atoms with van der Waals surface area (Å²) in [4.78, 5) is 0.178. The molecule has 2 rings (SSSR count). The van der Waals surface area contributed by atoms with Gasteiger partial charge in [0.15, 0.2) is 0 Å². The molecule has 17 heavy (non-hydrogen) atoms. The Hall–Kier alpha value is -1.06. The van der Waals surface area contributed by atoms with Gasteiger partial charge in [0.25, 0.3) is 10.0 Å². The van der Waals surface area contributed by atoms with Gasteiger partial charge in [-0.05, 0) is 22.9 Å². The van der Waals surface area contributed by atoms with Crippen LogP contribution in [0, 0.1) is 0 Å². The normalized spacial score (nSPS) is 11.4. The van der Waals surface area contributed by atoms with Crippen molar-refractivity contribution in [3.8, 4) is 0 Å². The Kier molecular flexibility index (Phi) is 3.69. The van der Waals surface area contributed by atoms with Crippen molar-refractivity contribution < 1.29 is 8.42 Å². The largest absolute Gasteiger partial charge is 0.263 e. The number of alkyl halides is 1. The topological polar surface area (TPSA) is 84.8 Å². The highest BCUT2D eigenvalue weighted by molar-refractivity contribution is 9.08. The van der Waals surface area contributed by atoms with E-state index in [1.165, 1.54) is 12.1 Å². The van der Waals surface area contributed by atoms with Crippen LogP contribution in [0.3, 0.4) is 0 Å². The van der Waals surface area contributed by atoms with Crippen molar-refractivity contribution in [3.05, 3.63) is 29.8 Å². The fourth-order valence-electron chi connectivity index (χ4n) is 1.10. The molecule has 0 unspecified atom stereocenters. The van der Waals surface area contributed by atoms with Gasteiger partial charge >= 0.3 is 0 Å². The minimum Gasteiger partial charge on any atom is -0.252 e. The highest BCUT2D eigenvalue weighted by Gasteiger charge is 2.15. The van der Waals surface area contributed by atoms with Gasteiger partial charge in [0, 0.05) is 16.9 Å². The third-order valence-corrected chi connectivity index (χ3v) is 4.55. The van der Waals surface area contributed by atoms with Crippen molar-refractivity contribution in [3.63, 3.8) is 0 Å². The molecule has 1 heterocycles. The summed E-state index contributed by atoms with van der Waals surface area (Å²) in [5, 5.41) is 7.66. The van der Waals surface area contributed by atoms with Crippen molar-refractivity contribution in [2.45, 2.75) is 10.2 Å². The lowest BCUT2D eigenvalue weighted by Crippen LogP contribution is -2.12. The average Bonchev–Trinajstić information content (AvgIpc) is 2.81. The number of aromatic nitrogens is 3. The van der Waals surface area contributed by atoms with Crippen molar-refractivity contribution in [2.24, 2.45) is 0 Å². The molecule has 0 bridgehead atoms. The van der Waals surface area contributed by atoms with E-state index in [9.17, 15) is 8.42 Å². The summed E-state index contributed by atoms with van der Waals surface area (Å²) in [5.41, 5.74) is 1.00. The molecule has 0 aliphatic rings. The van der Waals surface area contributed by atoms with Gasteiger partial charge < -0.3 is 0 Å². The van der Waals surface area contributed by atoms with Gasteiger partial charge in [-0.3, -0.25) is 4.72 Å². The van der Waals surface area contributed by atoms with Crippen LogP contribution in [0.5, 0.6) is 0 Å². The van der Waals surface area contributed by atoms with Gasteiger partial charge in [-0.2, -0.15) is 0 Å². The molecule has 0 radical (unpaired) electrons. The first-order valence-electron chi connectivity index (χ1n) is 4.44. The maximum Gasteiger partial charge on any atom is 0.263 e. The Labute approximate surface area is 110 Å². The second-order valence-corrected chi connectivity index (χ2v) is 6.03. The van der Waals surface area contributed by atoms with Gasteiger partial charge in [-0.25, -0.2) is 8.42 Å². The molecule has 0 atom stereocenters. The molecule has 0 saturated carbocycles. The van der Waals surface area contributed by atoms with E-state index in [1.54, 1.807) is 12.1 Å². The molecule has 0 saturated heterocycles. The van der Waals surface area contributed by atoms with Crippen LogP contribution in [0.15, 0.2) is 29.2 Å². The maximum atomic E-state index is 11.9. The number of benzene rings is 1. The monoisotopic (exact) mass is 334 g/mol. The van der Waals surface area contributed by atoms with Crippen LogP contribution in [-0.4, -0.2) is 23.2 Å². The molecule has 0 amide bonds. The molecule has 0 spiro atoms. The molecule has 6 nitrogen and oxygen atoms in total. The first-order chi connectivity index (χ1) is 8.12. The summed E-state index contributed by atoms with van der Waals surface area (Å²) in [6.07, 6.45) is 0. The predicted octanol–water partition coefficient (Wildman–Crippen LogP) is 1.63. The lowest BCUT2D eigenvalue weighted by Gasteiger charge is -2.04. The van der Waals surface area contributed by atoms with E-state index in [1.807, 2.05) is 0 Å². The van der Waals surface area contributed by atoms with Gasteiger partial charge in [0.05, 0.1) is 4.90 Å². The standard InChI is InChI=1S/C8H7BrN4O2S2/c9-5-6-1-3-7(4-2-6)17(14,15)11-8-10-12-13-16-8/h1-4H,5H2,(H,10,11,13). The molecule has 0 aliphatic carbocycles. The van der Waals surface area contributed by atoms with Crippen LogP contribution >= 0.6 is 27.5 Å². The lowest BCUT2D eigenvalue weighted by atomic mass is 10.2. The highest BCUT2D eigenvalue weighted by Crippen LogP contribution is 2.17. The fraction of sp³-hybridized carbons (Fsp3) is 0.125. The van der Waals surface area contributed by atoms with Crippen molar-refractivity contribution in [1.82, 2.24) is 14.8 Å². The van der Waals surface area contributed by atoms with Crippen LogP contribution in [0.1, 0.15) is 5.56 Å². The minimum absolute atomic E-state index is 0.148. The molecule has 0 fully saturated rings. The molecule has 90 valence electrons. The maximum absolute atomic E-state index is 11.9. The van der Waals surface area contributed by atoms with E-state index in [-0.39, 0.29) is 10.0 Å². The summed E-state index contributed by atoms with van der Waals surface area (Å²) < 4.78 is 29.5. The Morgan fingerprint density at radius 2 is 2.00 bits per heavy atom. The number of rotatable bonds is 4. The van der Waals surface area contributed by atoms with E-state index in [0.29, 0.717) is 5.33 Å². The van der Waals surface area contributed by atoms with Crippen LogP contribution in [0.4, 0.5) is 5.13 Å². The highest BCUT2D eigenvalue weighted by atomic mass is 79.9. The number of halogens is 1. The zero-order valence-corrected chi connectivity index (χ0v) is 11.6. The van der Waals surface area contributed by atoms with Crippen LogP contribution < -0.4 is 4.72 Å². The number of sulfonamides is 1. The summed E-state index contributed by atoms with van der Waals surface area (Å²) >= 11 is 4.17. The van der Waals surface area contributed by atoms with Gasteiger partial charge in [-0.1, -0.05) is 37.6 Å². The van der Waals surface area contributed by atoms with Gasteiger partial charge in [0.1, 0.15) is 0 Å². The molecule has 1 aromatic carbocycles. The number of nitrogens with zero attached hydrogens (tertiary/aromatic N) is 3. The predicted molar refractivity (Wildman–Crippen MR) is 67.6 cm³/mol. The Morgan fingerprint density at radius 1 is 1.29 bits per heavy atom. The first kappa shape index (κ1) is 12.4.